The molecular formula is C12H13N3OS. The Balaban J connectivity index is 1.76. The summed E-state index contributed by atoms with van der Waals surface area (Å²) in [5, 5.41) is 9.93. The Labute approximate surface area is 104 Å². The first-order valence-electron chi connectivity index (χ1n) is 5.62. The van der Waals surface area contributed by atoms with Crippen LogP contribution in [-0.2, 0) is 0 Å². The van der Waals surface area contributed by atoms with Crippen LogP contribution in [0.15, 0.2) is 30.3 Å². The number of aliphatic hydroxyl groups excluding tert-OH is 1. The van der Waals surface area contributed by atoms with Crippen LogP contribution < -0.4 is 4.90 Å². The Bertz CT molecular complexity index is 493. The van der Waals surface area contributed by atoms with Crippen molar-refractivity contribution in [3.8, 4) is 11.4 Å². The van der Waals surface area contributed by atoms with Crippen LogP contribution in [0.3, 0.4) is 0 Å². The van der Waals surface area contributed by atoms with Crippen molar-refractivity contribution in [1.82, 2.24) is 9.36 Å². The predicted molar refractivity (Wildman–Crippen MR) is 68.1 cm³/mol. The smallest absolute Gasteiger partial charge is 0.205 e. The van der Waals surface area contributed by atoms with E-state index in [-0.39, 0.29) is 6.61 Å². The number of nitrogens with zero attached hydrogens (tertiary/aromatic N) is 3. The molecule has 1 N–H and O–H groups in total. The first kappa shape index (κ1) is 10.7. The van der Waals surface area contributed by atoms with Crippen LogP contribution in [-0.4, -0.2) is 34.2 Å². The first-order chi connectivity index (χ1) is 8.36. The lowest BCUT2D eigenvalue weighted by molar-refractivity contribution is 0.200. The van der Waals surface area contributed by atoms with Gasteiger partial charge in [0, 0.05) is 42.7 Å². The van der Waals surface area contributed by atoms with Gasteiger partial charge in [0.15, 0.2) is 5.82 Å². The molecular weight excluding hydrogens is 234 g/mol. The maximum absolute atomic E-state index is 8.97. The zero-order chi connectivity index (χ0) is 11.7. The van der Waals surface area contributed by atoms with Crippen molar-refractivity contribution < 1.29 is 5.11 Å². The van der Waals surface area contributed by atoms with Crippen LogP contribution in [0.5, 0.6) is 0 Å². The normalized spacial score (nSPS) is 15.9. The molecule has 2 aromatic rings. The van der Waals surface area contributed by atoms with Gasteiger partial charge in [0.25, 0.3) is 0 Å². The Morgan fingerprint density at radius 1 is 1.29 bits per heavy atom. The molecule has 4 nitrogen and oxygen atoms in total. The number of aromatic nitrogens is 2. The van der Waals surface area contributed by atoms with Gasteiger partial charge < -0.3 is 10.0 Å². The molecule has 1 aromatic heterocycles. The largest absolute Gasteiger partial charge is 0.396 e. The van der Waals surface area contributed by atoms with Crippen molar-refractivity contribution in [1.29, 1.82) is 0 Å². The van der Waals surface area contributed by atoms with E-state index in [2.05, 4.69) is 14.3 Å². The van der Waals surface area contributed by atoms with E-state index in [9.17, 15) is 0 Å². The monoisotopic (exact) mass is 247 g/mol. The minimum absolute atomic E-state index is 0.265. The lowest BCUT2D eigenvalue weighted by Gasteiger charge is -2.37. The van der Waals surface area contributed by atoms with E-state index >= 15 is 0 Å². The second-order valence-corrected chi connectivity index (χ2v) is 4.95. The van der Waals surface area contributed by atoms with Gasteiger partial charge in [0.1, 0.15) is 0 Å². The number of rotatable bonds is 3. The summed E-state index contributed by atoms with van der Waals surface area (Å²) in [4.78, 5) is 6.68. The molecule has 0 saturated carbocycles. The van der Waals surface area contributed by atoms with Gasteiger partial charge in [-0.25, -0.2) is 0 Å². The fourth-order valence-corrected chi connectivity index (χ4v) is 2.60. The molecule has 0 radical (unpaired) electrons. The van der Waals surface area contributed by atoms with Gasteiger partial charge in [-0.2, -0.15) is 9.36 Å². The molecule has 1 saturated heterocycles. The molecule has 1 aromatic carbocycles. The van der Waals surface area contributed by atoms with Crippen LogP contribution in [0.4, 0.5) is 5.13 Å². The van der Waals surface area contributed by atoms with Crippen molar-refractivity contribution in [2.45, 2.75) is 0 Å². The molecule has 88 valence electrons. The number of hydrogen-bond donors (Lipinski definition) is 1. The second kappa shape index (κ2) is 4.43. The highest BCUT2D eigenvalue weighted by Crippen LogP contribution is 2.28. The number of anilines is 1. The van der Waals surface area contributed by atoms with E-state index < -0.39 is 0 Å². The Hall–Kier alpha value is -1.46. The summed E-state index contributed by atoms with van der Waals surface area (Å²) in [5.41, 5.74) is 1.05. The first-order valence-corrected chi connectivity index (χ1v) is 6.39. The molecule has 0 amide bonds. The third-order valence-electron chi connectivity index (χ3n) is 2.93. The maximum atomic E-state index is 8.97. The molecule has 1 aliphatic rings. The van der Waals surface area contributed by atoms with Gasteiger partial charge in [-0.1, -0.05) is 30.3 Å². The quantitative estimate of drug-likeness (QED) is 0.895. The minimum Gasteiger partial charge on any atom is -0.396 e. The van der Waals surface area contributed by atoms with Crippen molar-refractivity contribution in [2.75, 3.05) is 24.6 Å². The van der Waals surface area contributed by atoms with Crippen LogP contribution in [0.25, 0.3) is 11.4 Å². The molecule has 5 heteroatoms. The van der Waals surface area contributed by atoms with E-state index in [4.69, 9.17) is 5.11 Å². The van der Waals surface area contributed by atoms with Gasteiger partial charge in [-0.3, -0.25) is 0 Å². The zero-order valence-corrected chi connectivity index (χ0v) is 10.1. The van der Waals surface area contributed by atoms with Crippen molar-refractivity contribution in [3.63, 3.8) is 0 Å². The molecule has 0 bridgehead atoms. The molecule has 1 aliphatic heterocycles. The molecule has 0 aliphatic carbocycles. The maximum Gasteiger partial charge on any atom is 0.205 e. The van der Waals surface area contributed by atoms with E-state index in [1.807, 2.05) is 30.3 Å². The van der Waals surface area contributed by atoms with Crippen LogP contribution in [0, 0.1) is 5.92 Å². The summed E-state index contributed by atoms with van der Waals surface area (Å²) in [7, 11) is 0. The molecule has 1 fully saturated rings. The Morgan fingerprint density at radius 2 is 2.06 bits per heavy atom. The van der Waals surface area contributed by atoms with E-state index in [1.165, 1.54) is 11.5 Å². The van der Waals surface area contributed by atoms with Crippen molar-refractivity contribution >= 4 is 16.7 Å². The van der Waals surface area contributed by atoms with Gasteiger partial charge in [0.05, 0.1) is 0 Å². The van der Waals surface area contributed by atoms with Crippen LogP contribution in [0.1, 0.15) is 0 Å². The number of hydrogen-bond acceptors (Lipinski definition) is 5. The van der Waals surface area contributed by atoms with Gasteiger partial charge >= 0.3 is 0 Å². The molecule has 0 spiro atoms. The highest BCUT2D eigenvalue weighted by Gasteiger charge is 2.28. The number of benzene rings is 1. The summed E-state index contributed by atoms with van der Waals surface area (Å²) in [5.74, 6) is 1.19. The van der Waals surface area contributed by atoms with Crippen molar-refractivity contribution in [2.24, 2.45) is 5.92 Å². The topological polar surface area (TPSA) is 49.2 Å². The Kier molecular flexibility index (Phi) is 2.78. The molecule has 2 heterocycles. The van der Waals surface area contributed by atoms with Crippen LogP contribution >= 0.6 is 11.5 Å². The second-order valence-electron chi connectivity index (χ2n) is 4.22. The minimum atomic E-state index is 0.265. The summed E-state index contributed by atoms with van der Waals surface area (Å²) in [6.45, 7) is 2.04. The fourth-order valence-electron chi connectivity index (χ4n) is 1.89. The lowest BCUT2D eigenvalue weighted by atomic mass is 10.0. The average Bonchev–Trinajstić information content (AvgIpc) is 2.78. The zero-order valence-electron chi connectivity index (χ0n) is 9.28. The fraction of sp³-hybridized carbons (Fsp3) is 0.333. The van der Waals surface area contributed by atoms with Crippen molar-refractivity contribution in [3.05, 3.63) is 30.3 Å². The highest BCUT2D eigenvalue weighted by atomic mass is 32.1. The summed E-state index contributed by atoms with van der Waals surface area (Å²) in [6, 6.07) is 9.98. The molecule has 3 rings (SSSR count). The molecule has 0 unspecified atom stereocenters. The molecule has 17 heavy (non-hydrogen) atoms. The average molecular weight is 247 g/mol. The highest BCUT2D eigenvalue weighted by molar-refractivity contribution is 7.09. The lowest BCUT2D eigenvalue weighted by Crippen LogP contribution is -2.48. The molecule has 0 atom stereocenters. The summed E-state index contributed by atoms with van der Waals surface area (Å²) in [6.07, 6.45) is 0. The predicted octanol–water partition coefficient (Wildman–Crippen LogP) is 1.63. The SMILES string of the molecule is OCC1CN(c2nc(-c3ccccc3)ns2)C1. The van der Waals surface area contributed by atoms with E-state index in [0.29, 0.717) is 5.92 Å². The summed E-state index contributed by atoms with van der Waals surface area (Å²) < 4.78 is 4.37. The third-order valence-corrected chi connectivity index (χ3v) is 3.71. The van der Waals surface area contributed by atoms with Gasteiger partial charge in [-0.15, -0.1) is 0 Å². The van der Waals surface area contributed by atoms with Gasteiger partial charge in [0.2, 0.25) is 5.13 Å². The standard InChI is InChI=1S/C12H13N3OS/c16-8-9-6-15(7-9)12-13-11(14-17-12)10-4-2-1-3-5-10/h1-5,9,16H,6-8H2. The van der Waals surface area contributed by atoms with Crippen LogP contribution in [0.2, 0.25) is 0 Å². The number of aliphatic hydroxyl groups is 1. The van der Waals surface area contributed by atoms with Gasteiger partial charge in [-0.05, 0) is 0 Å². The van der Waals surface area contributed by atoms with E-state index in [1.54, 1.807) is 0 Å². The van der Waals surface area contributed by atoms with E-state index in [0.717, 1.165) is 29.6 Å². The Morgan fingerprint density at radius 3 is 2.76 bits per heavy atom. The summed E-state index contributed by atoms with van der Waals surface area (Å²) >= 11 is 1.42. The third kappa shape index (κ3) is 2.03.